The van der Waals surface area contributed by atoms with Gasteiger partial charge in [-0.05, 0) is 49.2 Å². The second-order valence-electron chi connectivity index (χ2n) is 4.18. The fourth-order valence-electron chi connectivity index (χ4n) is 1.80. The van der Waals surface area contributed by atoms with Gasteiger partial charge in [-0.15, -0.1) is 0 Å². The van der Waals surface area contributed by atoms with Crippen LogP contribution in [0.2, 0.25) is 0 Å². The minimum atomic E-state index is -0.908. The van der Waals surface area contributed by atoms with Crippen LogP contribution in [-0.4, -0.2) is 0 Å². The van der Waals surface area contributed by atoms with Crippen molar-refractivity contribution >= 4 is 0 Å². The zero-order valence-corrected chi connectivity index (χ0v) is 9.82. The molecule has 0 bridgehead atoms. The molecule has 0 radical (unpaired) electrons. The summed E-state index contributed by atoms with van der Waals surface area (Å²) in [6.45, 7) is 2.89. The Kier molecular flexibility index (Phi) is 3.11. The largest absolute Gasteiger partial charge is 0.207 e. The summed E-state index contributed by atoms with van der Waals surface area (Å²) in [5.74, 6) is -3.37. The van der Waals surface area contributed by atoms with Gasteiger partial charge < -0.3 is 0 Å². The van der Waals surface area contributed by atoms with Gasteiger partial charge in [0, 0.05) is 5.56 Å². The second-order valence-corrected chi connectivity index (χ2v) is 4.18. The minimum absolute atomic E-state index is 0.0872. The van der Waals surface area contributed by atoms with Crippen LogP contribution in [0.4, 0.5) is 17.6 Å². The van der Waals surface area contributed by atoms with Crippen molar-refractivity contribution in [3.05, 3.63) is 58.7 Å². The number of aryl methyl sites for hydroxylation is 2. The molecule has 0 aliphatic heterocycles. The van der Waals surface area contributed by atoms with Gasteiger partial charge in [0.05, 0.1) is 5.56 Å². The molecular weight excluding hydrogens is 244 g/mol. The Labute approximate surface area is 102 Å². The van der Waals surface area contributed by atoms with E-state index in [1.54, 1.807) is 0 Å². The summed E-state index contributed by atoms with van der Waals surface area (Å²) in [6.07, 6.45) is 0. The Morgan fingerprint density at radius 1 is 0.667 bits per heavy atom. The Hall–Kier alpha value is -1.84. The van der Waals surface area contributed by atoms with Crippen LogP contribution in [0.1, 0.15) is 11.1 Å². The average molecular weight is 254 g/mol. The maximum Gasteiger partial charge on any atom is 0.134 e. The number of benzene rings is 2. The van der Waals surface area contributed by atoms with Crippen LogP contribution in [0.15, 0.2) is 24.3 Å². The first-order valence-electron chi connectivity index (χ1n) is 5.32. The maximum absolute atomic E-state index is 13.7. The first-order chi connectivity index (χ1) is 8.40. The molecule has 0 fully saturated rings. The van der Waals surface area contributed by atoms with Gasteiger partial charge in [-0.1, -0.05) is 0 Å². The third-order valence-electron chi connectivity index (χ3n) is 2.70. The summed E-state index contributed by atoms with van der Waals surface area (Å²) >= 11 is 0. The van der Waals surface area contributed by atoms with Crippen LogP contribution in [0.3, 0.4) is 0 Å². The molecule has 4 heteroatoms. The van der Waals surface area contributed by atoms with E-state index < -0.39 is 34.4 Å². The van der Waals surface area contributed by atoms with E-state index in [1.807, 2.05) is 0 Å². The van der Waals surface area contributed by atoms with Crippen LogP contribution < -0.4 is 0 Å². The molecule has 0 saturated heterocycles. The van der Waals surface area contributed by atoms with E-state index in [1.165, 1.54) is 13.8 Å². The molecule has 2 rings (SSSR count). The number of rotatable bonds is 1. The monoisotopic (exact) mass is 254 g/mol. The van der Waals surface area contributed by atoms with Crippen molar-refractivity contribution in [2.75, 3.05) is 0 Å². The Bertz CT molecular complexity index is 594. The lowest BCUT2D eigenvalue weighted by atomic mass is 10.0. The van der Waals surface area contributed by atoms with Crippen LogP contribution in [-0.2, 0) is 0 Å². The third-order valence-corrected chi connectivity index (χ3v) is 2.70. The van der Waals surface area contributed by atoms with E-state index in [2.05, 4.69) is 0 Å². The molecule has 0 unspecified atom stereocenters. The van der Waals surface area contributed by atoms with Crippen molar-refractivity contribution in [1.82, 2.24) is 0 Å². The summed E-state index contributed by atoms with van der Waals surface area (Å²) in [6, 6.07) is 3.89. The van der Waals surface area contributed by atoms with Gasteiger partial charge in [-0.25, -0.2) is 17.6 Å². The molecule has 2 aromatic carbocycles. The summed E-state index contributed by atoms with van der Waals surface area (Å²) < 4.78 is 54.4. The molecule has 18 heavy (non-hydrogen) atoms. The average Bonchev–Trinajstić information content (AvgIpc) is 2.24. The fraction of sp³-hybridized carbons (Fsp3) is 0.143. The molecule has 0 aliphatic rings. The molecule has 0 aromatic heterocycles. The van der Waals surface area contributed by atoms with Crippen LogP contribution >= 0.6 is 0 Å². The summed E-state index contributed by atoms with van der Waals surface area (Å²) in [5.41, 5.74) is -0.490. The Morgan fingerprint density at radius 3 is 1.78 bits per heavy atom. The van der Waals surface area contributed by atoms with E-state index in [9.17, 15) is 17.6 Å². The normalized spacial score (nSPS) is 10.8. The first-order valence-corrected chi connectivity index (χ1v) is 5.32. The van der Waals surface area contributed by atoms with Crippen molar-refractivity contribution in [3.63, 3.8) is 0 Å². The molecular formula is C14H10F4. The number of hydrogen-bond donors (Lipinski definition) is 0. The molecule has 0 amide bonds. The maximum atomic E-state index is 13.7. The molecule has 94 valence electrons. The van der Waals surface area contributed by atoms with Gasteiger partial charge in [0.2, 0.25) is 0 Å². The predicted octanol–water partition coefficient (Wildman–Crippen LogP) is 4.53. The number of halogens is 4. The van der Waals surface area contributed by atoms with E-state index >= 15 is 0 Å². The van der Waals surface area contributed by atoms with Crippen molar-refractivity contribution in [2.45, 2.75) is 13.8 Å². The quantitative estimate of drug-likeness (QED) is 0.656. The molecule has 0 nitrogen and oxygen atoms in total. The lowest BCUT2D eigenvalue weighted by Crippen LogP contribution is -1.97. The standard InChI is InChI=1S/C14H10F4/c1-7-3-12(17)14(13(18)4-7)9-6-10(15)8(2)5-11(9)16/h3-6H,1-2H3. The molecule has 0 spiro atoms. The Balaban J connectivity index is 2.73. The zero-order valence-electron chi connectivity index (χ0n) is 9.82. The zero-order chi connectivity index (χ0) is 13.4. The van der Waals surface area contributed by atoms with E-state index in [-0.39, 0.29) is 5.56 Å². The lowest BCUT2D eigenvalue weighted by Gasteiger charge is -2.09. The van der Waals surface area contributed by atoms with Crippen molar-refractivity contribution in [1.29, 1.82) is 0 Å². The van der Waals surface area contributed by atoms with Crippen LogP contribution in [0, 0.1) is 37.1 Å². The van der Waals surface area contributed by atoms with Gasteiger partial charge >= 0.3 is 0 Å². The molecule has 0 aliphatic carbocycles. The van der Waals surface area contributed by atoms with Gasteiger partial charge in [-0.2, -0.15) is 0 Å². The van der Waals surface area contributed by atoms with E-state index in [4.69, 9.17) is 0 Å². The van der Waals surface area contributed by atoms with Gasteiger partial charge in [0.25, 0.3) is 0 Å². The van der Waals surface area contributed by atoms with Crippen molar-refractivity contribution < 1.29 is 17.6 Å². The Morgan fingerprint density at radius 2 is 1.22 bits per heavy atom. The highest BCUT2D eigenvalue weighted by molar-refractivity contribution is 5.66. The molecule has 0 atom stereocenters. The lowest BCUT2D eigenvalue weighted by molar-refractivity contribution is 0.573. The minimum Gasteiger partial charge on any atom is -0.207 e. The smallest absolute Gasteiger partial charge is 0.134 e. The fourth-order valence-corrected chi connectivity index (χ4v) is 1.80. The number of hydrogen-bond acceptors (Lipinski definition) is 0. The summed E-state index contributed by atoms with van der Waals surface area (Å²) in [5, 5.41) is 0. The second kappa shape index (κ2) is 4.44. The van der Waals surface area contributed by atoms with E-state index in [0.717, 1.165) is 24.3 Å². The van der Waals surface area contributed by atoms with Gasteiger partial charge in [0.15, 0.2) is 0 Å². The topological polar surface area (TPSA) is 0 Å². The van der Waals surface area contributed by atoms with Crippen LogP contribution in [0.5, 0.6) is 0 Å². The predicted molar refractivity (Wildman–Crippen MR) is 61.2 cm³/mol. The van der Waals surface area contributed by atoms with Crippen molar-refractivity contribution in [2.24, 2.45) is 0 Å². The summed E-state index contributed by atoms with van der Waals surface area (Å²) in [4.78, 5) is 0. The van der Waals surface area contributed by atoms with Crippen LogP contribution in [0.25, 0.3) is 11.1 Å². The third kappa shape index (κ3) is 2.10. The highest BCUT2D eigenvalue weighted by Crippen LogP contribution is 2.30. The molecule has 0 heterocycles. The highest BCUT2D eigenvalue weighted by Gasteiger charge is 2.17. The SMILES string of the molecule is Cc1cc(F)c(-c2cc(F)c(C)cc2F)c(F)c1. The summed E-state index contributed by atoms with van der Waals surface area (Å²) in [7, 11) is 0. The molecule has 0 N–H and O–H groups in total. The first kappa shape index (κ1) is 12.6. The highest BCUT2D eigenvalue weighted by atomic mass is 19.1. The molecule has 0 saturated carbocycles. The van der Waals surface area contributed by atoms with Gasteiger partial charge in [0.1, 0.15) is 23.3 Å². The van der Waals surface area contributed by atoms with E-state index in [0.29, 0.717) is 5.56 Å². The van der Waals surface area contributed by atoms with Crippen molar-refractivity contribution in [3.8, 4) is 11.1 Å². The van der Waals surface area contributed by atoms with Gasteiger partial charge in [-0.3, -0.25) is 0 Å². The molecule has 2 aromatic rings.